The molecule has 0 amide bonds. The largest absolute Gasteiger partial charge is 0.344 e. The minimum Gasteiger partial charge on any atom is -0.284 e. The van der Waals surface area contributed by atoms with Gasteiger partial charge in [-0.2, -0.15) is 4.57 Å². The first kappa shape index (κ1) is 14.1. The third-order valence-electron chi connectivity index (χ3n) is 4.11. The van der Waals surface area contributed by atoms with E-state index in [-0.39, 0.29) is 5.56 Å². The van der Waals surface area contributed by atoms with Crippen LogP contribution in [0.3, 0.4) is 0 Å². The van der Waals surface area contributed by atoms with Gasteiger partial charge in [-0.25, -0.2) is 4.68 Å². The molecule has 0 saturated carbocycles. The van der Waals surface area contributed by atoms with Crippen LogP contribution in [0.1, 0.15) is 0 Å². The Morgan fingerprint density at radius 3 is 2.57 bits per heavy atom. The topological polar surface area (TPSA) is 41.7 Å². The van der Waals surface area contributed by atoms with E-state index in [2.05, 4.69) is 11.2 Å². The van der Waals surface area contributed by atoms with Crippen LogP contribution in [0.25, 0.3) is 27.5 Å². The molecule has 0 saturated heterocycles. The summed E-state index contributed by atoms with van der Waals surface area (Å²) in [5, 5.41) is 5.44. The zero-order valence-corrected chi connectivity index (χ0v) is 13.7. The van der Waals surface area contributed by atoms with Crippen LogP contribution in [-0.4, -0.2) is 16.0 Å². The first-order valence-corrected chi connectivity index (χ1v) is 8.58. The lowest BCUT2D eigenvalue weighted by atomic mass is 10.1. The number of hydrogen-bond acceptors (Lipinski definition) is 2. The van der Waals surface area contributed by atoms with E-state index in [4.69, 9.17) is 0 Å². The van der Waals surface area contributed by atoms with Crippen molar-refractivity contribution in [2.45, 2.75) is 4.90 Å². The van der Waals surface area contributed by atoms with Crippen molar-refractivity contribution in [3.8, 4) is 5.69 Å². The minimum absolute atomic E-state index is 0.0369. The molecule has 4 aromatic rings. The second-order valence-corrected chi connectivity index (χ2v) is 6.38. The van der Waals surface area contributed by atoms with Gasteiger partial charge in [-0.3, -0.25) is 9.89 Å². The summed E-state index contributed by atoms with van der Waals surface area (Å²) in [7, 11) is 1.91. The maximum absolute atomic E-state index is 12.9. The Labute approximate surface area is 137 Å². The smallest absolute Gasteiger partial charge is 0.284 e. The molecule has 0 aliphatic heterocycles. The van der Waals surface area contributed by atoms with Gasteiger partial charge in [-0.15, -0.1) is 11.8 Å². The van der Waals surface area contributed by atoms with E-state index in [9.17, 15) is 4.79 Å². The average molecular weight is 322 g/mol. The molecule has 5 heteroatoms. The predicted molar refractivity (Wildman–Crippen MR) is 94.4 cm³/mol. The predicted octanol–water partition coefficient (Wildman–Crippen LogP) is 3.02. The summed E-state index contributed by atoms with van der Waals surface area (Å²) < 4.78 is 3.50. The van der Waals surface area contributed by atoms with E-state index >= 15 is 0 Å². The van der Waals surface area contributed by atoms with Crippen LogP contribution in [0.15, 0.2) is 64.4 Å². The van der Waals surface area contributed by atoms with E-state index < -0.39 is 0 Å². The van der Waals surface area contributed by atoms with Crippen LogP contribution in [0, 0.1) is 0 Å². The van der Waals surface area contributed by atoms with Gasteiger partial charge in [-0.1, -0.05) is 18.2 Å². The molecule has 2 aromatic carbocycles. The van der Waals surface area contributed by atoms with Gasteiger partial charge in [0.25, 0.3) is 5.52 Å². The van der Waals surface area contributed by atoms with E-state index in [1.807, 2.05) is 66.5 Å². The highest BCUT2D eigenvalue weighted by Crippen LogP contribution is 2.21. The molecule has 2 heterocycles. The maximum atomic E-state index is 12.9. The summed E-state index contributed by atoms with van der Waals surface area (Å²) in [6.07, 6.45) is 4.03. The molecule has 0 fully saturated rings. The lowest BCUT2D eigenvalue weighted by molar-refractivity contribution is -0.644. The number of pyridine rings is 1. The van der Waals surface area contributed by atoms with Crippen LogP contribution < -0.4 is 10.1 Å². The highest BCUT2D eigenvalue weighted by atomic mass is 32.2. The van der Waals surface area contributed by atoms with Crippen LogP contribution in [0.2, 0.25) is 0 Å². The molecule has 114 valence electrons. The Balaban J connectivity index is 2.05. The Morgan fingerprint density at radius 1 is 1.09 bits per heavy atom. The van der Waals surface area contributed by atoms with Crippen molar-refractivity contribution in [2.75, 3.05) is 6.26 Å². The van der Waals surface area contributed by atoms with Gasteiger partial charge in [0.05, 0.1) is 5.69 Å². The lowest BCUT2D eigenvalue weighted by Gasteiger charge is -2.02. The zero-order chi connectivity index (χ0) is 16.0. The molecule has 4 nitrogen and oxygen atoms in total. The van der Waals surface area contributed by atoms with Crippen LogP contribution in [0.4, 0.5) is 0 Å². The fourth-order valence-electron chi connectivity index (χ4n) is 2.97. The second-order valence-electron chi connectivity index (χ2n) is 5.50. The molecule has 23 heavy (non-hydrogen) atoms. The fourth-order valence-corrected chi connectivity index (χ4v) is 3.38. The SMILES string of the molecule is CSc1ccc(-n2[nH]c3c4ccccc4c[n+](C)c3c2=O)cc1. The van der Waals surface area contributed by atoms with E-state index in [0.717, 1.165) is 22.0 Å². The van der Waals surface area contributed by atoms with Crippen molar-refractivity contribution >= 4 is 33.6 Å². The van der Waals surface area contributed by atoms with Gasteiger partial charge in [0.2, 0.25) is 0 Å². The summed E-state index contributed by atoms with van der Waals surface area (Å²) in [6.45, 7) is 0. The Hall–Kier alpha value is -2.53. The molecule has 1 N–H and O–H groups in total. The summed E-state index contributed by atoms with van der Waals surface area (Å²) in [5.41, 5.74) is 2.35. The third kappa shape index (κ3) is 2.16. The van der Waals surface area contributed by atoms with Crippen molar-refractivity contribution in [2.24, 2.45) is 7.05 Å². The number of aromatic nitrogens is 3. The Kier molecular flexibility index (Phi) is 3.23. The number of benzene rings is 2. The first-order chi connectivity index (χ1) is 11.2. The number of nitrogens with one attached hydrogen (secondary N) is 1. The quantitative estimate of drug-likeness (QED) is 0.455. The molecule has 0 aliphatic carbocycles. The normalized spacial score (nSPS) is 11.4. The molecule has 4 rings (SSSR count). The molecule has 0 bridgehead atoms. The molecule has 0 aliphatic rings. The van der Waals surface area contributed by atoms with Gasteiger partial charge in [-0.05, 0) is 36.6 Å². The van der Waals surface area contributed by atoms with Gasteiger partial charge >= 0.3 is 5.56 Å². The van der Waals surface area contributed by atoms with Crippen molar-refractivity contribution < 1.29 is 4.57 Å². The molecule has 2 aromatic heterocycles. The molecular formula is C18H16N3OS+. The van der Waals surface area contributed by atoms with Gasteiger partial charge in [0.1, 0.15) is 12.6 Å². The lowest BCUT2D eigenvalue weighted by Crippen LogP contribution is -2.33. The van der Waals surface area contributed by atoms with Crippen molar-refractivity contribution in [3.63, 3.8) is 0 Å². The highest BCUT2D eigenvalue weighted by Gasteiger charge is 2.19. The Morgan fingerprint density at radius 2 is 1.83 bits per heavy atom. The first-order valence-electron chi connectivity index (χ1n) is 7.35. The van der Waals surface area contributed by atoms with E-state index in [1.54, 1.807) is 16.4 Å². The number of nitrogens with zero attached hydrogens (tertiary/aromatic N) is 2. The second kappa shape index (κ2) is 5.28. The third-order valence-corrected chi connectivity index (χ3v) is 4.86. The van der Waals surface area contributed by atoms with Gasteiger partial charge in [0.15, 0.2) is 6.20 Å². The summed E-state index contributed by atoms with van der Waals surface area (Å²) in [6, 6.07) is 16.1. The molecule has 0 spiro atoms. The summed E-state index contributed by atoms with van der Waals surface area (Å²) >= 11 is 1.68. The van der Waals surface area contributed by atoms with E-state index in [0.29, 0.717) is 5.52 Å². The number of aromatic amines is 1. The van der Waals surface area contributed by atoms with E-state index in [1.165, 1.54) is 4.90 Å². The number of fused-ring (bicyclic) bond motifs is 3. The van der Waals surface area contributed by atoms with Gasteiger partial charge in [0, 0.05) is 15.7 Å². The molecular weight excluding hydrogens is 306 g/mol. The maximum Gasteiger partial charge on any atom is 0.344 e. The van der Waals surface area contributed by atoms with Gasteiger partial charge < -0.3 is 0 Å². The van der Waals surface area contributed by atoms with Crippen molar-refractivity contribution in [1.29, 1.82) is 0 Å². The highest BCUT2D eigenvalue weighted by molar-refractivity contribution is 7.98. The number of hydrogen-bond donors (Lipinski definition) is 1. The van der Waals surface area contributed by atoms with Crippen molar-refractivity contribution in [1.82, 2.24) is 9.78 Å². The molecule has 0 unspecified atom stereocenters. The summed E-state index contributed by atoms with van der Waals surface area (Å²) in [5.74, 6) is 0. The summed E-state index contributed by atoms with van der Waals surface area (Å²) in [4.78, 5) is 14.0. The van der Waals surface area contributed by atoms with Crippen molar-refractivity contribution in [3.05, 3.63) is 65.1 Å². The average Bonchev–Trinajstić information content (AvgIpc) is 2.93. The monoisotopic (exact) mass is 322 g/mol. The number of rotatable bonds is 2. The standard InChI is InChI=1S/C18H15N3OS/c1-20-11-12-5-3-4-6-15(12)16-17(20)18(22)21(19-16)13-7-9-14(23-2)10-8-13/h3-11H,1-2H3/p+1. The van der Waals surface area contributed by atoms with Crippen LogP contribution in [-0.2, 0) is 7.05 Å². The number of thioether (sulfide) groups is 1. The van der Waals surface area contributed by atoms with Crippen LogP contribution >= 0.6 is 11.8 Å². The number of aryl methyl sites for hydroxylation is 1. The molecule has 0 radical (unpaired) electrons. The molecule has 0 atom stereocenters. The fraction of sp³-hybridized carbons (Fsp3) is 0.111. The van der Waals surface area contributed by atoms with Crippen LogP contribution in [0.5, 0.6) is 0 Å². The zero-order valence-electron chi connectivity index (χ0n) is 12.9. The minimum atomic E-state index is -0.0369. The Bertz CT molecular complexity index is 1080. The number of H-pyrrole nitrogens is 1.